The second kappa shape index (κ2) is 11.1. The number of thioether (sulfide) groups is 1. The number of aromatic amines is 1. The quantitative estimate of drug-likeness (QED) is 0.358. The van der Waals surface area contributed by atoms with Crippen molar-refractivity contribution in [3.63, 3.8) is 0 Å². The molecule has 41 heavy (non-hydrogen) atoms. The summed E-state index contributed by atoms with van der Waals surface area (Å²) in [4.78, 5) is 41.6. The van der Waals surface area contributed by atoms with Crippen molar-refractivity contribution < 1.29 is 27.8 Å². The van der Waals surface area contributed by atoms with Crippen LogP contribution in [0.4, 0.5) is 8.78 Å². The number of aryl methyl sites for hydroxylation is 1. The number of H-pyrrole nitrogens is 1. The van der Waals surface area contributed by atoms with Crippen molar-refractivity contribution in [2.75, 3.05) is 6.26 Å². The number of amides is 2. The summed E-state index contributed by atoms with van der Waals surface area (Å²) in [5.74, 6) is -4.26. The van der Waals surface area contributed by atoms with Crippen LogP contribution >= 0.6 is 23.4 Å². The van der Waals surface area contributed by atoms with Crippen molar-refractivity contribution in [2.24, 2.45) is 11.8 Å². The monoisotopic (exact) mass is 609 g/mol. The Morgan fingerprint density at radius 1 is 1.12 bits per heavy atom. The first-order valence-electron chi connectivity index (χ1n) is 13.7. The molecule has 1 aromatic carbocycles. The predicted molar refractivity (Wildman–Crippen MR) is 152 cm³/mol. The summed E-state index contributed by atoms with van der Waals surface area (Å²) in [5.41, 5.74) is 1.88. The standard InChI is InChI=1S/C29H34ClF2N3O5S/c1-14-9-22(41-4)20(27(38)34-14)13-33-26(37)19-10-21(30)24-23(15(19)2)39-28(3,40-24)17-5-7-18(8-6-17)35-25(36)16-11-29(31,32)12-16/h9-10,16-18H,5-8,11-13H2,1-4H3,(H,33,37)(H,34,38)(H,35,36)/t17-,18+,28?. The van der Waals surface area contributed by atoms with Crippen molar-refractivity contribution in [1.29, 1.82) is 0 Å². The fraction of sp³-hybridized carbons (Fsp3) is 0.552. The van der Waals surface area contributed by atoms with Crippen LogP contribution < -0.4 is 25.7 Å². The number of hydrogen-bond donors (Lipinski definition) is 3. The number of nitrogens with one attached hydrogen (secondary N) is 3. The van der Waals surface area contributed by atoms with Gasteiger partial charge in [-0.15, -0.1) is 11.8 Å². The number of fused-ring (bicyclic) bond motifs is 1. The molecule has 0 saturated heterocycles. The van der Waals surface area contributed by atoms with Gasteiger partial charge in [-0.2, -0.15) is 0 Å². The van der Waals surface area contributed by atoms with E-state index in [4.69, 9.17) is 21.1 Å². The third kappa shape index (κ3) is 5.93. The van der Waals surface area contributed by atoms with E-state index < -0.39 is 23.5 Å². The lowest BCUT2D eigenvalue weighted by atomic mass is 9.79. The van der Waals surface area contributed by atoms with Gasteiger partial charge in [-0.05, 0) is 57.9 Å². The lowest BCUT2D eigenvalue weighted by Crippen LogP contribution is -2.50. The maximum atomic E-state index is 13.2. The summed E-state index contributed by atoms with van der Waals surface area (Å²) in [6.07, 6.45) is 3.86. The van der Waals surface area contributed by atoms with Crippen molar-refractivity contribution in [3.05, 3.63) is 49.9 Å². The topological polar surface area (TPSA) is 110 Å². The summed E-state index contributed by atoms with van der Waals surface area (Å²) >= 11 is 8.01. The van der Waals surface area contributed by atoms with Gasteiger partial charge in [0, 0.05) is 71.5 Å². The van der Waals surface area contributed by atoms with Gasteiger partial charge in [0.25, 0.3) is 17.3 Å². The molecule has 3 N–H and O–H groups in total. The van der Waals surface area contributed by atoms with Crippen LogP contribution in [0.1, 0.15) is 72.6 Å². The van der Waals surface area contributed by atoms with Gasteiger partial charge in [0.2, 0.25) is 11.8 Å². The lowest BCUT2D eigenvalue weighted by Gasteiger charge is -2.39. The van der Waals surface area contributed by atoms with Gasteiger partial charge in [-0.1, -0.05) is 11.6 Å². The molecular weight excluding hydrogens is 576 g/mol. The molecule has 1 unspecified atom stereocenters. The first kappa shape index (κ1) is 29.7. The Hall–Kier alpha value is -2.79. The average molecular weight is 610 g/mol. The Morgan fingerprint density at radius 3 is 2.41 bits per heavy atom. The van der Waals surface area contributed by atoms with E-state index in [9.17, 15) is 23.2 Å². The highest BCUT2D eigenvalue weighted by Crippen LogP contribution is 2.51. The zero-order valence-corrected chi connectivity index (χ0v) is 25.0. The Bertz CT molecular complexity index is 1430. The molecule has 2 fully saturated rings. The summed E-state index contributed by atoms with van der Waals surface area (Å²) in [7, 11) is 0. The molecule has 2 heterocycles. The van der Waals surface area contributed by atoms with Gasteiger partial charge < -0.3 is 25.1 Å². The van der Waals surface area contributed by atoms with Crippen LogP contribution in [0.25, 0.3) is 0 Å². The van der Waals surface area contributed by atoms with E-state index in [0.717, 1.165) is 10.6 Å². The second-order valence-corrected chi connectivity index (χ2v) is 12.7. The molecule has 8 nitrogen and oxygen atoms in total. The van der Waals surface area contributed by atoms with Crippen molar-refractivity contribution in [1.82, 2.24) is 15.6 Å². The number of benzene rings is 1. The zero-order valence-electron chi connectivity index (χ0n) is 23.4. The molecule has 2 aliphatic carbocycles. The molecule has 3 aliphatic rings. The molecule has 1 aliphatic heterocycles. The lowest BCUT2D eigenvalue weighted by molar-refractivity contribution is -0.151. The Morgan fingerprint density at radius 2 is 1.78 bits per heavy atom. The number of carbonyl (C=O) groups is 2. The van der Waals surface area contributed by atoms with Crippen LogP contribution in [0.2, 0.25) is 5.02 Å². The molecule has 0 bridgehead atoms. The summed E-state index contributed by atoms with van der Waals surface area (Å²) in [5, 5.41) is 6.01. The van der Waals surface area contributed by atoms with Crippen molar-refractivity contribution >= 4 is 35.2 Å². The second-order valence-electron chi connectivity index (χ2n) is 11.4. The number of rotatable bonds is 7. The maximum absolute atomic E-state index is 13.2. The van der Waals surface area contributed by atoms with Gasteiger partial charge in [0.1, 0.15) is 0 Å². The van der Waals surface area contributed by atoms with E-state index >= 15 is 0 Å². The van der Waals surface area contributed by atoms with E-state index in [1.807, 2.05) is 19.2 Å². The average Bonchev–Trinajstić information content (AvgIpc) is 3.28. The highest BCUT2D eigenvalue weighted by molar-refractivity contribution is 7.98. The normalized spacial score (nSPS) is 25.0. The minimum absolute atomic E-state index is 0.0120. The molecule has 2 saturated carbocycles. The predicted octanol–water partition coefficient (Wildman–Crippen LogP) is 5.50. The molecule has 12 heteroatoms. The number of hydrogen-bond acceptors (Lipinski definition) is 6. The number of halogens is 3. The molecule has 1 aromatic heterocycles. The van der Waals surface area contributed by atoms with Crippen LogP contribution in [-0.4, -0.2) is 40.8 Å². The van der Waals surface area contributed by atoms with Crippen molar-refractivity contribution in [2.45, 2.75) is 88.5 Å². The fourth-order valence-electron chi connectivity index (χ4n) is 5.98. The maximum Gasteiger partial charge on any atom is 0.254 e. The van der Waals surface area contributed by atoms with E-state index in [0.29, 0.717) is 53.9 Å². The minimum Gasteiger partial charge on any atom is -0.448 e. The molecule has 2 amide bonds. The van der Waals surface area contributed by atoms with E-state index in [1.165, 1.54) is 11.8 Å². The van der Waals surface area contributed by atoms with Gasteiger partial charge in [-0.3, -0.25) is 14.4 Å². The Labute approximate surface area is 246 Å². The Balaban J connectivity index is 1.23. The zero-order chi connectivity index (χ0) is 29.7. The summed E-state index contributed by atoms with van der Waals surface area (Å²) in [6.45, 7) is 5.47. The SMILES string of the molecule is CSc1cc(C)[nH]c(=O)c1CNC(=O)c1cc(Cl)c2c(c1C)OC(C)([C@H]1CC[C@@H](NC(=O)C3CC(F)(F)C3)CC1)O2. The largest absolute Gasteiger partial charge is 0.448 e. The first-order chi connectivity index (χ1) is 19.3. The fourth-order valence-corrected chi connectivity index (χ4v) is 6.92. The minimum atomic E-state index is -2.72. The highest BCUT2D eigenvalue weighted by Gasteiger charge is 2.50. The molecule has 2 aromatic rings. The van der Waals surface area contributed by atoms with Gasteiger partial charge in [0.15, 0.2) is 11.5 Å². The number of aromatic nitrogens is 1. The molecule has 5 rings (SSSR count). The number of carbonyl (C=O) groups excluding carboxylic acids is 2. The molecular formula is C29H34ClF2N3O5S. The highest BCUT2D eigenvalue weighted by atomic mass is 35.5. The van der Waals surface area contributed by atoms with Gasteiger partial charge in [0.05, 0.1) is 5.02 Å². The number of pyridine rings is 1. The molecule has 0 radical (unpaired) electrons. The summed E-state index contributed by atoms with van der Waals surface area (Å²) in [6, 6.07) is 3.34. The van der Waals surface area contributed by atoms with Crippen LogP contribution in [0.5, 0.6) is 11.5 Å². The summed E-state index contributed by atoms with van der Waals surface area (Å²) < 4.78 is 38.9. The Kier molecular flexibility index (Phi) is 8.06. The van der Waals surface area contributed by atoms with Crippen LogP contribution in [0.3, 0.4) is 0 Å². The third-order valence-electron chi connectivity index (χ3n) is 8.44. The van der Waals surface area contributed by atoms with Crippen molar-refractivity contribution in [3.8, 4) is 11.5 Å². The molecule has 1 atom stereocenters. The molecule has 0 spiro atoms. The van der Waals surface area contributed by atoms with Crippen LogP contribution in [-0.2, 0) is 11.3 Å². The van der Waals surface area contributed by atoms with Crippen LogP contribution in [0.15, 0.2) is 21.8 Å². The van der Waals surface area contributed by atoms with Gasteiger partial charge in [-0.25, -0.2) is 8.78 Å². The van der Waals surface area contributed by atoms with E-state index in [2.05, 4.69) is 15.6 Å². The third-order valence-corrected chi connectivity index (χ3v) is 9.53. The van der Waals surface area contributed by atoms with E-state index in [-0.39, 0.29) is 47.8 Å². The van der Waals surface area contributed by atoms with E-state index in [1.54, 1.807) is 19.9 Å². The smallest absolute Gasteiger partial charge is 0.254 e. The number of alkyl halides is 2. The first-order valence-corrected chi connectivity index (χ1v) is 15.3. The number of ether oxygens (including phenoxy) is 2. The van der Waals surface area contributed by atoms with Crippen LogP contribution in [0, 0.1) is 25.7 Å². The molecule has 222 valence electrons. The van der Waals surface area contributed by atoms with Gasteiger partial charge >= 0.3 is 0 Å².